The Kier molecular flexibility index (Phi) is 4.17. The highest BCUT2D eigenvalue weighted by Crippen LogP contribution is 2.15. The summed E-state index contributed by atoms with van der Waals surface area (Å²) in [6.07, 6.45) is 0.944. The molecule has 94 valence electrons. The summed E-state index contributed by atoms with van der Waals surface area (Å²) in [5.74, 6) is -1.28. The molecule has 4 nitrogen and oxygen atoms in total. The Bertz CT molecular complexity index is 494. The van der Waals surface area contributed by atoms with E-state index in [2.05, 4.69) is 4.74 Å². The lowest BCUT2D eigenvalue weighted by Gasteiger charge is -2.04. The summed E-state index contributed by atoms with van der Waals surface area (Å²) < 4.78 is 49.5. The molecule has 0 aliphatic rings. The van der Waals surface area contributed by atoms with E-state index in [1.165, 1.54) is 24.3 Å². The molecule has 1 aromatic carbocycles. The van der Waals surface area contributed by atoms with Crippen molar-refractivity contribution < 1.29 is 26.7 Å². The molecule has 0 aromatic heterocycles. The highest BCUT2D eigenvalue weighted by molar-refractivity contribution is 7.91. The minimum Gasteiger partial charge on any atom is -0.435 e. The van der Waals surface area contributed by atoms with Crippen LogP contribution in [0, 0.1) is 0 Å². The molecule has 0 atom stereocenters. The standard InChI is InChI=1S/C10H10F2O4S/c1-17(14,15)6-9(13)7-2-4-8(5-3-7)16-10(11)12/h2-5,10H,6H2,1H3. The van der Waals surface area contributed by atoms with E-state index < -0.39 is 28.0 Å². The summed E-state index contributed by atoms with van der Waals surface area (Å²) in [4.78, 5) is 11.4. The van der Waals surface area contributed by atoms with Crippen LogP contribution >= 0.6 is 0 Å². The van der Waals surface area contributed by atoms with E-state index in [1.807, 2.05) is 0 Å². The number of ether oxygens (including phenoxy) is 1. The van der Waals surface area contributed by atoms with Crippen molar-refractivity contribution in [3.05, 3.63) is 29.8 Å². The minimum absolute atomic E-state index is 0.0871. The Balaban J connectivity index is 2.77. The summed E-state index contributed by atoms with van der Waals surface area (Å²) in [7, 11) is -3.40. The third-order valence-electron chi connectivity index (χ3n) is 1.79. The van der Waals surface area contributed by atoms with Crippen LogP contribution in [0.15, 0.2) is 24.3 Å². The molecule has 0 fully saturated rings. The van der Waals surface area contributed by atoms with E-state index in [1.54, 1.807) is 0 Å². The monoisotopic (exact) mass is 264 g/mol. The summed E-state index contributed by atoms with van der Waals surface area (Å²) in [5, 5.41) is 0. The third kappa shape index (κ3) is 4.90. The molecule has 1 rings (SSSR count). The van der Waals surface area contributed by atoms with Gasteiger partial charge in [-0.1, -0.05) is 0 Å². The van der Waals surface area contributed by atoms with Gasteiger partial charge in [0.15, 0.2) is 15.6 Å². The van der Waals surface area contributed by atoms with Crippen molar-refractivity contribution in [1.29, 1.82) is 0 Å². The van der Waals surface area contributed by atoms with Crippen LogP contribution in [0.1, 0.15) is 10.4 Å². The van der Waals surface area contributed by atoms with Crippen molar-refractivity contribution in [2.24, 2.45) is 0 Å². The number of hydrogen-bond acceptors (Lipinski definition) is 4. The van der Waals surface area contributed by atoms with Gasteiger partial charge in [0, 0.05) is 11.8 Å². The maximum Gasteiger partial charge on any atom is 0.387 e. The summed E-state index contributed by atoms with van der Waals surface area (Å²) >= 11 is 0. The third-order valence-corrected chi connectivity index (χ3v) is 2.58. The number of halogens is 2. The Morgan fingerprint density at radius 2 is 1.82 bits per heavy atom. The molecule has 7 heteroatoms. The van der Waals surface area contributed by atoms with Crippen LogP contribution in [0.5, 0.6) is 5.75 Å². The number of Topliss-reactive ketones (excluding diaryl/α,β-unsaturated/α-hetero) is 1. The molecule has 0 heterocycles. The van der Waals surface area contributed by atoms with Gasteiger partial charge in [0.2, 0.25) is 0 Å². The smallest absolute Gasteiger partial charge is 0.387 e. The van der Waals surface area contributed by atoms with Crippen molar-refractivity contribution in [3.8, 4) is 5.75 Å². The van der Waals surface area contributed by atoms with Gasteiger partial charge in [-0.3, -0.25) is 4.79 Å². The van der Waals surface area contributed by atoms with Crippen LogP contribution in [-0.2, 0) is 9.84 Å². The second-order valence-corrected chi connectivity index (χ2v) is 5.54. The van der Waals surface area contributed by atoms with E-state index >= 15 is 0 Å². The average molecular weight is 264 g/mol. The van der Waals surface area contributed by atoms with Gasteiger partial charge in [0.1, 0.15) is 11.5 Å². The van der Waals surface area contributed by atoms with Gasteiger partial charge < -0.3 is 4.74 Å². The number of carbonyl (C=O) groups is 1. The number of carbonyl (C=O) groups excluding carboxylic acids is 1. The van der Waals surface area contributed by atoms with Crippen LogP contribution in [0.25, 0.3) is 0 Å². The van der Waals surface area contributed by atoms with Crippen LogP contribution in [0.4, 0.5) is 8.78 Å². The van der Waals surface area contributed by atoms with Crippen molar-refractivity contribution in [1.82, 2.24) is 0 Å². The molecule has 0 aliphatic carbocycles. The first-order valence-electron chi connectivity index (χ1n) is 4.54. The molecule has 0 radical (unpaired) electrons. The molecular weight excluding hydrogens is 254 g/mol. The van der Waals surface area contributed by atoms with E-state index in [0.717, 1.165) is 6.26 Å². The van der Waals surface area contributed by atoms with Crippen LogP contribution in [0.3, 0.4) is 0 Å². The van der Waals surface area contributed by atoms with Gasteiger partial charge >= 0.3 is 6.61 Å². The number of sulfone groups is 1. The minimum atomic E-state index is -3.40. The first kappa shape index (κ1) is 13.6. The van der Waals surface area contributed by atoms with Gasteiger partial charge in [-0.05, 0) is 24.3 Å². The van der Waals surface area contributed by atoms with Crippen LogP contribution in [0.2, 0.25) is 0 Å². The SMILES string of the molecule is CS(=O)(=O)CC(=O)c1ccc(OC(F)F)cc1. The molecule has 0 aliphatic heterocycles. The zero-order valence-electron chi connectivity index (χ0n) is 8.89. The van der Waals surface area contributed by atoms with Crippen molar-refractivity contribution >= 4 is 15.6 Å². The van der Waals surface area contributed by atoms with Gasteiger partial charge in [-0.25, -0.2) is 8.42 Å². The first-order chi connectivity index (χ1) is 7.78. The normalized spacial score (nSPS) is 11.5. The lowest BCUT2D eigenvalue weighted by Crippen LogP contribution is -2.14. The maximum absolute atomic E-state index is 11.8. The second kappa shape index (κ2) is 5.22. The number of hydrogen-bond donors (Lipinski definition) is 0. The highest BCUT2D eigenvalue weighted by atomic mass is 32.2. The van der Waals surface area contributed by atoms with Crippen LogP contribution < -0.4 is 4.74 Å². The fraction of sp³-hybridized carbons (Fsp3) is 0.300. The highest BCUT2D eigenvalue weighted by Gasteiger charge is 2.13. The molecule has 0 N–H and O–H groups in total. The molecule has 0 bridgehead atoms. The molecule has 0 saturated carbocycles. The zero-order chi connectivity index (χ0) is 13.1. The number of alkyl halides is 2. The number of benzene rings is 1. The van der Waals surface area contributed by atoms with E-state index in [4.69, 9.17) is 0 Å². The fourth-order valence-electron chi connectivity index (χ4n) is 1.14. The summed E-state index contributed by atoms with van der Waals surface area (Å²) in [6.45, 7) is -2.94. The largest absolute Gasteiger partial charge is 0.435 e. The topological polar surface area (TPSA) is 60.4 Å². The van der Waals surface area contributed by atoms with Crippen LogP contribution in [-0.4, -0.2) is 32.8 Å². The van der Waals surface area contributed by atoms with E-state index in [9.17, 15) is 22.0 Å². The van der Waals surface area contributed by atoms with Crippen molar-refractivity contribution in [2.75, 3.05) is 12.0 Å². The van der Waals surface area contributed by atoms with Gasteiger partial charge in [-0.15, -0.1) is 0 Å². The van der Waals surface area contributed by atoms with E-state index in [-0.39, 0.29) is 11.3 Å². The number of rotatable bonds is 5. The van der Waals surface area contributed by atoms with Gasteiger partial charge in [-0.2, -0.15) is 8.78 Å². The average Bonchev–Trinajstić information content (AvgIpc) is 2.15. The van der Waals surface area contributed by atoms with Gasteiger partial charge in [0.05, 0.1) is 0 Å². The first-order valence-corrected chi connectivity index (χ1v) is 6.60. The van der Waals surface area contributed by atoms with Crippen molar-refractivity contribution in [3.63, 3.8) is 0 Å². The summed E-state index contributed by atoms with van der Waals surface area (Å²) in [6, 6.07) is 4.85. The molecule has 0 unspecified atom stereocenters. The lowest BCUT2D eigenvalue weighted by molar-refractivity contribution is -0.0498. The molecular formula is C10H10F2O4S. The quantitative estimate of drug-likeness (QED) is 0.756. The Morgan fingerprint density at radius 1 is 1.29 bits per heavy atom. The van der Waals surface area contributed by atoms with Crippen molar-refractivity contribution in [2.45, 2.75) is 6.61 Å². The predicted molar refractivity (Wildman–Crippen MR) is 57.1 cm³/mol. The fourth-order valence-corrected chi connectivity index (χ4v) is 1.79. The van der Waals surface area contributed by atoms with E-state index in [0.29, 0.717) is 0 Å². The number of ketones is 1. The molecule has 0 amide bonds. The molecule has 1 aromatic rings. The van der Waals surface area contributed by atoms with Gasteiger partial charge in [0.25, 0.3) is 0 Å². The maximum atomic E-state index is 11.8. The second-order valence-electron chi connectivity index (χ2n) is 3.40. The zero-order valence-corrected chi connectivity index (χ0v) is 9.71. The molecule has 0 saturated heterocycles. The Labute approximate surface area is 97.1 Å². The Hall–Kier alpha value is -1.50. The Morgan fingerprint density at radius 3 is 2.24 bits per heavy atom. The summed E-state index contributed by atoms with van der Waals surface area (Å²) in [5.41, 5.74) is 0.136. The molecule has 0 spiro atoms. The predicted octanol–water partition coefficient (Wildman–Crippen LogP) is 1.52. The molecule has 17 heavy (non-hydrogen) atoms. The lowest BCUT2D eigenvalue weighted by atomic mass is 10.1.